The number of sulfone groups is 1. The fraction of sp³-hybridized carbons (Fsp3) is 0.615. The van der Waals surface area contributed by atoms with Crippen molar-refractivity contribution in [2.45, 2.75) is 44.6 Å². The van der Waals surface area contributed by atoms with Gasteiger partial charge < -0.3 is 9.31 Å². The van der Waals surface area contributed by atoms with Gasteiger partial charge in [-0.15, -0.1) is 0 Å². The van der Waals surface area contributed by atoms with Gasteiger partial charge in [-0.25, -0.2) is 8.42 Å². The first-order valence-electron chi connectivity index (χ1n) is 6.48. The lowest BCUT2D eigenvalue weighted by atomic mass is 9.79. The zero-order valence-corrected chi connectivity index (χ0v) is 13.3. The van der Waals surface area contributed by atoms with Crippen molar-refractivity contribution in [3.05, 3.63) is 24.0 Å². The lowest BCUT2D eigenvalue weighted by molar-refractivity contribution is 0.00578. The molecule has 5 nitrogen and oxygen atoms in total. The Hall–Kier alpha value is -0.915. The summed E-state index contributed by atoms with van der Waals surface area (Å²) >= 11 is 0. The number of hydrogen-bond acceptors (Lipinski definition) is 5. The summed E-state index contributed by atoms with van der Waals surface area (Å²) in [6, 6.07) is 3.51. The van der Waals surface area contributed by atoms with Crippen molar-refractivity contribution in [1.29, 1.82) is 0 Å². The van der Waals surface area contributed by atoms with Crippen LogP contribution in [-0.4, -0.2) is 38.0 Å². The Kier molecular flexibility index (Phi) is 3.73. The number of rotatable bonds is 3. The van der Waals surface area contributed by atoms with Gasteiger partial charge in [0.15, 0.2) is 9.84 Å². The normalized spacial score (nSPS) is 21.1. The van der Waals surface area contributed by atoms with E-state index in [2.05, 4.69) is 4.98 Å². The predicted octanol–water partition coefficient (Wildman–Crippen LogP) is 0.925. The summed E-state index contributed by atoms with van der Waals surface area (Å²) in [7, 11) is -3.61. The summed E-state index contributed by atoms with van der Waals surface area (Å²) in [5, 5.41) is 0. The Balaban J connectivity index is 2.25. The van der Waals surface area contributed by atoms with Crippen LogP contribution in [0.3, 0.4) is 0 Å². The van der Waals surface area contributed by atoms with Crippen LogP contribution in [0.4, 0.5) is 0 Å². The van der Waals surface area contributed by atoms with Crippen molar-refractivity contribution in [2.24, 2.45) is 0 Å². The molecule has 110 valence electrons. The van der Waals surface area contributed by atoms with E-state index in [0.717, 1.165) is 5.46 Å². The Morgan fingerprint density at radius 3 is 2.25 bits per heavy atom. The average molecular weight is 297 g/mol. The molecule has 1 fully saturated rings. The van der Waals surface area contributed by atoms with Crippen LogP contribution >= 0.6 is 0 Å². The second-order valence-corrected chi connectivity index (χ2v) is 8.38. The third-order valence-electron chi connectivity index (χ3n) is 3.78. The van der Waals surface area contributed by atoms with Gasteiger partial charge in [0.1, 0.15) is 0 Å². The van der Waals surface area contributed by atoms with Gasteiger partial charge >= 0.3 is 7.12 Å². The lowest BCUT2D eigenvalue weighted by Crippen LogP contribution is -2.41. The van der Waals surface area contributed by atoms with Gasteiger partial charge in [-0.3, -0.25) is 4.98 Å². The highest BCUT2D eigenvalue weighted by Gasteiger charge is 2.51. The fourth-order valence-electron chi connectivity index (χ4n) is 1.97. The van der Waals surface area contributed by atoms with Crippen molar-refractivity contribution in [3.63, 3.8) is 0 Å². The van der Waals surface area contributed by atoms with E-state index < -0.39 is 28.2 Å². The van der Waals surface area contributed by atoms with Gasteiger partial charge in [0.05, 0.1) is 22.6 Å². The highest BCUT2D eigenvalue weighted by atomic mass is 32.2. The van der Waals surface area contributed by atoms with Gasteiger partial charge in [0.2, 0.25) is 0 Å². The summed E-state index contributed by atoms with van der Waals surface area (Å²) in [5.74, 6) is -0.0830. The molecule has 0 spiro atoms. The van der Waals surface area contributed by atoms with Crippen molar-refractivity contribution < 1.29 is 17.7 Å². The van der Waals surface area contributed by atoms with E-state index in [4.69, 9.17) is 9.31 Å². The molecule has 0 N–H and O–H groups in total. The van der Waals surface area contributed by atoms with E-state index in [1.165, 1.54) is 6.26 Å². The predicted molar refractivity (Wildman–Crippen MR) is 78.5 cm³/mol. The maximum Gasteiger partial charge on any atom is 0.494 e. The van der Waals surface area contributed by atoms with Gasteiger partial charge in [-0.05, 0) is 45.3 Å². The summed E-state index contributed by atoms with van der Waals surface area (Å²) < 4.78 is 34.5. The summed E-state index contributed by atoms with van der Waals surface area (Å²) in [5.41, 5.74) is 0.451. The van der Waals surface area contributed by atoms with Gasteiger partial charge in [-0.2, -0.15) is 0 Å². The monoisotopic (exact) mass is 297 g/mol. The number of pyridine rings is 1. The van der Waals surface area contributed by atoms with E-state index >= 15 is 0 Å². The molecule has 1 aromatic rings. The highest BCUT2D eigenvalue weighted by molar-refractivity contribution is 7.89. The molecule has 0 aliphatic carbocycles. The minimum absolute atomic E-state index is 0.0830. The number of nitrogens with zero attached hydrogens (tertiary/aromatic N) is 1. The molecule has 2 rings (SSSR count). The summed E-state index contributed by atoms with van der Waals surface area (Å²) in [4.78, 5) is 4.08. The Morgan fingerprint density at radius 2 is 1.75 bits per heavy atom. The average Bonchev–Trinajstić information content (AvgIpc) is 2.46. The molecular weight excluding hydrogens is 277 g/mol. The second kappa shape index (κ2) is 4.82. The maximum absolute atomic E-state index is 11.3. The van der Waals surface area contributed by atoms with Crippen molar-refractivity contribution in [3.8, 4) is 0 Å². The van der Waals surface area contributed by atoms with Crippen LogP contribution in [0.2, 0.25) is 0 Å². The minimum Gasteiger partial charge on any atom is -0.399 e. The van der Waals surface area contributed by atoms with Crippen LogP contribution in [0, 0.1) is 0 Å². The number of hydrogen-bond donors (Lipinski definition) is 0. The molecular formula is C13H20BNO4S. The molecule has 0 saturated carbocycles. The highest BCUT2D eigenvalue weighted by Crippen LogP contribution is 2.36. The Bertz CT molecular complexity index is 597. The molecule has 1 aromatic heterocycles. The largest absolute Gasteiger partial charge is 0.494 e. The second-order valence-electron chi connectivity index (χ2n) is 6.24. The minimum atomic E-state index is -3.11. The van der Waals surface area contributed by atoms with E-state index in [9.17, 15) is 8.42 Å². The third kappa shape index (κ3) is 3.21. The molecule has 0 unspecified atom stereocenters. The first-order valence-corrected chi connectivity index (χ1v) is 8.54. The Morgan fingerprint density at radius 1 is 1.20 bits per heavy atom. The standard InChI is InChI=1S/C13H20BNO4S/c1-12(2)13(3,4)19-14(18-12)10-6-7-15-11(8-10)9-20(5,16)17/h6-8H,9H2,1-5H3. The first kappa shape index (κ1) is 15.5. The molecule has 1 aliphatic rings. The van der Waals surface area contributed by atoms with Crippen LogP contribution in [0.25, 0.3) is 0 Å². The molecule has 0 radical (unpaired) electrons. The van der Waals surface area contributed by atoms with Crippen LogP contribution < -0.4 is 5.46 Å². The summed E-state index contributed by atoms with van der Waals surface area (Å²) in [6.45, 7) is 7.91. The topological polar surface area (TPSA) is 65.5 Å². The molecule has 0 aromatic carbocycles. The van der Waals surface area contributed by atoms with Crippen molar-refractivity contribution in [1.82, 2.24) is 4.98 Å². The summed E-state index contributed by atoms with van der Waals surface area (Å²) in [6.07, 6.45) is 2.77. The Labute approximate surface area is 120 Å². The molecule has 0 bridgehead atoms. The van der Waals surface area contributed by atoms with Crippen LogP contribution in [0.5, 0.6) is 0 Å². The maximum atomic E-state index is 11.3. The fourth-order valence-corrected chi connectivity index (χ4v) is 2.67. The number of aromatic nitrogens is 1. The van der Waals surface area contributed by atoms with Crippen LogP contribution in [0.15, 0.2) is 18.3 Å². The molecule has 7 heteroatoms. The smallest absolute Gasteiger partial charge is 0.399 e. The molecule has 20 heavy (non-hydrogen) atoms. The lowest BCUT2D eigenvalue weighted by Gasteiger charge is -2.32. The zero-order valence-electron chi connectivity index (χ0n) is 12.5. The quantitative estimate of drug-likeness (QED) is 0.776. The molecule has 2 heterocycles. The molecule has 0 amide bonds. The first-order chi connectivity index (χ1) is 9.00. The van der Waals surface area contributed by atoms with Crippen LogP contribution in [0.1, 0.15) is 33.4 Å². The van der Waals surface area contributed by atoms with Gasteiger partial charge in [0.25, 0.3) is 0 Å². The molecule has 1 saturated heterocycles. The van der Waals surface area contributed by atoms with E-state index in [1.807, 2.05) is 27.7 Å². The van der Waals surface area contributed by atoms with E-state index in [-0.39, 0.29) is 5.75 Å². The SMILES string of the molecule is CC1(C)OB(c2ccnc(CS(C)(=O)=O)c2)OC1(C)C. The van der Waals surface area contributed by atoms with Crippen LogP contribution in [-0.2, 0) is 24.9 Å². The van der Waals surface area contributed by atoms with Gasteiger partial charge in [0, 0.05) is 12.5 Å². The van der Waals surface area contributed by atoms with E-state index in [0.29, 0.717) is 5.69 Å². The molecule has 1 aliphatic heterocycles. The molecule has 0 atom stereocenters. The third-order valence-corrected chi connectivity index (χ3v) is 4.60. The van der Waals surface area contributed by atoms with E-state index in [1.54, 1.807) is 18.3 Å². The van der Waals surface area contributed by atoms with Gasteiger partial charge in [-0.1, -0.05) is 0 Å². The van der Waals surface area contributed by atoms with Crippen molar-refractivity contribution in [2.75, 3.05) is 6.26 Å². The van der Waals surface area contributed by atoms with Crippen molar-refractivity contribution >= 4 is 22.4 Å². The zero-order chi connectivity index (χ0) is 15.2.